The van der Waals surface area contributed by atoms with Gasteiger partial charge in [0.05, 0.1) is 6.54 Å². The summed E-state index contributed by atoms with van der Waals surface area (Å²) < 4.78 is 3.80. The lowest BCUT2D eigenvalue weighted by Gasteiger charge is -2.03. The molecule has 0 radical (unpaired) electrons. The predicted octanol–water partition coefficient (Wildman–Crippen LogP) is 5.34. The van der Waals surface area contributed by atoms with Crippen molar-refractivity contribution >= 4 is 5.97 Å². The number of hydrogen-bond acceptors (Lipinski definition) is 1. The summed E-state index contributed by atoms with van der Waals surface area (Å²) in [5, 5.41) is 8.75. The Kier molecular flexibility index (Phi) is 13.0. The smallest absolute Gasteiger partial charge is 0.346 e. The third-order valence-corrected chi connectivity index (χ3v) is 4.83. The lowest BCUT2D eigenvalue weighted by Crippen LogP contribution is -2.35. The van der Waals surface area contributed by atoms with Gasteiger partial charge in [-0.25, -0.2) is 13.9 Å². The van der Waals surface area contributed by atoms with Crippen molar-refractivity contribution in [1.82, 2.24) is 4.57 Å². The van der Waals surface area contributed by atoms with Crippen molar-refractivity contribution in [2.24, 2.45) is 0 Å². The van der Waals surface area contributed by atoms with Gasteiger partial charge in [0, 0.05) is 0 Å². The molecule has 0 aliphatic carbocycles. The molecule has 4 heteroatoms. The Morgan fingerprint density at radius 2 is 1.32 bits per heavy atom. The first-order chi connectivity index (χ1) is 12.2. The summed E-state index contributed by atoms with van der Waals surface area (Å²) in [6.45, 7) is 3.31. The van der Waals surface area contributed by atoms with Gasteiger partial charge in [-0.15, -0.1) is 0 Å². The number of aromatic nitrogens is 2. The van der Waals surface area contributed by atoms with Crippen LogP contribution in [-0.2, 0) is 17.9 Å². The second-order valence-electron chi connectivity index (χ2n) is 7.31. The number of carboxylic acid groups (broad SMARTS) is 1. The number of carboxylic acids is 1. The highest BCUT2D eigenvalue weighted by Gasteiger charge is 2.06. The predicted molar refractivity (Wildman–Crippen MR) is 103 cm³/mol. The van der Waals surface area contributed by atoms with E-state index in [1.807, 2.05) is 18.7 Å². The highest BCUT2D eigenvalue weighted by Crippen LogP contribution is 2.13. The molecule has 1 aromatic heterocycles. The Morgan fingerprint density at radius 1 is 0.840 bits per heavy atom. The van der Waals surface area contributed by atoms with Crippen LogP contribution < -0.4 is 4.57 Å². The third kappa shape index (κ3) is 12.7. The fourth-order valence-electron chi connectivity index (χ4n) is 3.31. The minimum atomic E-state index is -0.792. The van der Waals surface area contributed by atoms with Gasteiger partial charge in [0.25, 0.3) is 0 Å². The van der Waals surface area contributed by atoms with Gasteiger partial charge in [-0.1, -0.05) is 84.0 Å². The number of aliphatic carboxylic acids is 1. The molecule has 0 unspecified atom stereocenters. The monoisotopic (exact) mass is 351 g/mol. The summed E-state index contributed by atoms with van der Waals surface area (Å²) in [4.78, 5) is 10.6. The largest absolute Gasteiger partial charge is 0.478 e. The number of nitrogens with zero attached hydrogens (tertiary/aromatic N) is 2. The first-order valence-electron chi connectivity index (χ1n) is 10.5. The molecule has 0 saturated carbocycles. The Balaban J connectivity index is 1.83. The number of imidazole rings is 1. The third-order valence-electron chi connectivity index (χ3n) is 4.83. The maximum absolute atomic E-state index is 10.6. The highest BCUT2D eigenvalue weighted by atomic mass is 16.4. The number of unbranched alkanes of at least 4 members (excludes halogenated alkanes) is 13. The molecule has 0 spiro atoms. The normalized spacial score (nSPS) is 11.1. The Morgan fingerprint density at radius 3 is 1.80 bits per heavy atom. The average molecular weight is 352 g/mol. The van der Waals surface area contributed by atoms with Gasteiger partial charge in [-0.3, -0.25) is 0 Å². The van der Waals surface area contributed by atoms with Crippen molar-refractivity contribution in [2.45, 2.75) is 110 Å². The van der Waals surface area contributed by atoms with Crippen LogP contribution in [0.15, 0.2) is 18.7 Å². The topological polar surface area (TPSA) is 46.1 Å². The minimum absolute atomic E-state index is 0.0474. The molecule has 1 aromatic rings. The molecule has 1 N–H and O–H groups in total. The molecule has 1 heterocycles. The van der Waals surface area contributed by atoms with Crippen LogP contribution in [0.3, 0.4) is 0 Å². The van der Waals surface area contributed by atoms with Gasteiger partial charge in [-0.05, 0) is 12.8 Å². The molecular formula is C21H39N2O2+. The summed E-state index contributed by atoms with van der Waals surface area (Å²) in [6.07, 6.45) is 24.9. The molecule has 0 saturated heterocycles. The SMILES string of the molecule is CCCCCCCCCCCCCCCCn1cc[n+](CC(=O)O)c1. The first-order valence-corrected chi connectivity index (χ1v) is 10.5. The zero-order chi connectivity index (χ0) is 18.2. The average Bonchev–Trinajstić information content (AvgIpc) is 3.01. The van der Waals surface area contributed by atoms with Gasteiger partial charge >= 0.3 is 5.97 Å². The fourth-order valence-corrected chi connectivity index (χ4v) is 3.31. The zero-order valence-corrected chi connectivity index (χ0v) is 16.3. The van der Waals surface area contributed by atoms with Gasteiger partial charge in [0.1, 0.15) is 12.4 Å². The van der Waals surface area contributed by atoms with Crippen LogP contribution in [0.2, 0.25) is 0 Å². The van der Waals surface area contributed by atoms with E-state index in [1.54, 1.807) is 4.57 Å². The van der Waals surface area contributed by atoms with Crippen molar-refractivity contribution in [2.75, 3.05) is 0 Å². The summed E-state index contributed by atoms with van der Waals surface area (Å²) in [7, 11) is 0. The number of rotatable bonds is 17. The molecule has 0 bridgehead atoms. The first kappa shape index (κ1) is 21.7. The van der Waals surface area contributed by atoms with Crippen molar-refractivity contribution in [1.29, 1.82) is 0 Å². The minimum Gasteiger partial charge on any atom is -0.478 e. The molecule has 0 aliphatic rings. The second kappa shape index (κ2) is 15.0. The van der Waals surface area contributed by atoms with E-state index < -0.39 is 5.97 Å². The molecule has 144 valence electrons. The van der Waals surface area contributed by atoms with Crippen molar-refractivity contribution < 1.29 is 14.5 Å². The van der Waals surface area contributed by atoms with Gasteiger partial charge in [0.15, 0.2) is 6.54 Å². The lowest BCUT2D eigenvalue weighted by atomic mass is 10.0. The fraction of sp³-hybridized carbons (Fsp3) is 0.810. The van der Waals surface area contributed by atoms with Crippen molar-refractivity contribution in [3.63, 3.8) is 0 Å². The molecule has 1 rings (SSSR count). The van der Waals surface area contributed by atoms with Crippen LogP contribution in [0.4, 0.5) is 0 Å². The summed E-state index contributed by atoms with van der Waals surface area (Å²) >= 11 is 0. The summed E-state index contributed by atoms with van der Waals surface area (Å²) in [6, 6.07) is 0. The van der Waals surface area contributed by atoms with Crippen LogP contribution in [0.1, 0.15) is 96.8 Å². The highest BCUT2D eigenvalue weighted by molar-refractivity contribution is 5.64. The molecule has 0 aromatic carbocycles. The van der Waals surface area contributed by atoms with E-state index in [0.717, 1.165) is 6.54 Å². The second-order valence-corrected chi connectivity index (χ2v) is 7.31. The van der Waals surface area contributed by atoms with Crippen molar-refractivity contribution in [3.8, 4) is 0 Å². The van der Waals surface area contributed by atoms with E-state index in [1.165, 1.54) is 89.9 Å². The number of carbonyl (C=O) groups is 1. The maximum Gasteiger partial charge on any atom is 0.346 e. The standard InChI is InChI=1S/C21H38N2O2/c1-2-3-4-5-6-7-8-9-10-11-12-13-14-15-16-22-17-18-23(20-22)19-21(24)25/h17-18,20H,2-16,19H2,1H3/p+1. The van der Waals surface area contributed by atoms with E-state index in [4.69, 9.17) is 5.11 Å². The number of aryl methyl sites for hydroxylation is 1. The molecule has 0 aliphatic heterocycles. The molecule has 0 fully saturated rings. The zero-order valence-electron chi connectivity index (χ0n) is 16.3. The maximum atomic E-state index is 10.6. The van der Waals surface area contributed by atoms with Crippen LogP contribution in [0, 0.1) is 0 Å². The van der Waals surface area contributed by atoms with E-state index in [-0.39, 0.29) is 6.54 Å². The van der Waals surface area contributed by atoms with E-state index in [0.29, 0.717) is 0 Å². The molecule has 25 heavy (non-hydrogen) atoms. The Labute approximate surface area is 154 Å². The molecular weight excluding hydrogens is 312 g/mol. The van der Waals surface area contributed by atoms with Crippen LogP contribution in [0.5, 0.6) is 0 Å². The van der Waals surface area contributed by atoms with E-state index in [2.05, 4.69) is 11.5 Å². The van der Waals surface area contributed by atoms with Gasteiger partial charge < -0.3 is 5.11 Å². The Hall–Kier alpha value is -1.32. The van der Waals surface area contributed by atoms with Crippen LogP contribution >= 0.6 is 0 Å². The van der Waals surface area contributed by atoms with Gasteiger partial charge in [-0.2, -0.15) is 0 Å². The summed E-state index contributed by atoms with van der Waals surface area (Å²) in [5.41, 5.74) is 0. The quantitative estimate of drug-likeness (QED) is 0.304. The Bertz CT molecular complexity index is 443. The molecule has 0 amide bonds. The molecule has 0 atom stereocenters. The van der Waals surface area contributed by atoms with E-state index in [9.17, 15) is 4.79 Å². The molecule has 4 nitrogen and oxygen atoms in total. The van der Waals surface area contributed by atoms with Crippen molar-refractivity contribution in [3.05, 3.63) is 18.7 Å². The lowest BCUT2D eigenvalue weighted by molar-refractivity contribution is -0.685. The number of hydrogen-bond donors (Lipinski definition) is 1. The van der Waals surface area contributed by atoms with Crippen LogP contribution in [0.25, 0.3) is 0 Å². The van der Waals surface area contributed by atoms with Crippen LogP contribution in [-0.4, -0.2) is 15.6 Å². The van der Waals surface area contributed by atoms with E-state index >= 15 is 0 Å². The van der Waals surface area contributed by atoms with Gasteiger partial charge in [0.2, 0.25) is 6.33 Å². The summed E-state index contributed by atoms with van der Waals surface area (Å²) in [5.74, 6) is -0.792.